The van der Waals surface area contributed by atoms with Gasteiger partial charge in [-0.25, -0.2) is 0 Å². The topological polar surface area (TPSA) is 80.4 Å². The number of benzene rings is 1. The zero-order valence-electron chi connectivity index (χ0n) is 9.48. The normalized spacial score (nSPS) is 12.4. The Morgan fingerprint density at radius 1 is 1.21 bits per heavy atom. The fourth-order valence-corrected chi connectivity index (χ4v) is 1.30. The van der Waals surface area contributed by atoms with Crippen molar-refractivity contribution in [1.29, 1.82) is 0 Å². The Labute approximate surface area is 112 Å². The van der Waals surface area contributed by atoms with Gasteiger partial charge in [-0.05, 0) is 12.0 Å². The van der Waals surface area contributed by atoms with Crippen LogP contribution in [-0.4, -0.2) is 29.1 Å². The molecule has 0 aliphatic heterocycles. The number of halogens is 4. The molecule has 1 aromatic carbocycles. The molecule has 19 heavy (non-hydrogen) atoms. The zero-order valence-corrected chi connectivity index (χ0v) is 10.3. The minimum Gasteiger partial charge on any atom is -0.480 e. The molecule has 1 rings (SSSR count). The maximum Gasteiger partial charge on any atom is 0.454 e. The van der Waals surface area contributed by atoms with Crippen LogP contribution in [0.3, 0.4) is 0 Å². The van der Waals surface area contributed by atoms with E-state index in [-0.39, 0.29) is 18.8 Å². The second-order valence-corrected chi connectivity index (χ2v) is 3.67. The van der Waals surface area contributed by atoms with Crippen LogP contribution in [-0.2, 0) is 11.2 Å². The van der Waals surface area contributed by atoms with Crippen LogP contribution in [0.2, 0.25) is 0 Å². The van der Waals surface area contributed by atoms with E-state index in [0.717, 1.165) is 12.1 Å². The van der Waals surface area contributed by atoms with Crippen LogP contribution in [0.15, 0.2) is 24.3 Å². The van der Waals surface area contributed by atoms with Gasteiger partial charge in [-0.15, -0.1) is 12.4 Å². The highest BCUT2D eigenvalue weighted by Crippen LogP contribution is 2.21. The summed E-state index contributed by atoms with van der Waals surface area (Å²) < 4.78 is 36.3. The summed E-state index contributed by atoms with van der Waals surface area (Å²) in [6, 6.07) is 3.37. The molecule has 0 heterocycles. The highest BCUT2D eigenvalue weighted by atomic mass is 35.5. The number of ketones is 1. The molecular formula is C11H11ClF3NO3. The summed E-state index contributed by atoms with van der Waals surface area (Å²) in [7, 11) is 0. The first-order valence-corrected chi connectivity index (χ1v) is 4.90. The highest BCUT2D eigenvalue weighted by molar-refractivity contribution is 6.00. The molecule has 0 aromatic heterocycles. The van der Waals surface area contributed by atoms with Crippen molar-refractivity contribution in [3.05, 3.63) is 35.4 Å². The summed E-state index contributed by atoms with van der Waals surface area (Å²) in [6.07, 6.45) is -4.94. The Bertz CT molecular complexity index is 459. The van der Waals surface area contributed by atoms with Crippen molar-refractivity contribution < 1.29 is 27.9 Å². The Morgan fingerprint density at radius 3 is 2.05 bits per heavy atom. The lowest BCUT2D eigenvalue weighted by Crippen LogP contribution is -2.32. The van der Waals surface area contributed by atoms with Gasteiger partial charge in [0, 0.05) is 5.56 Å². The van der Waals surface area contributed by atoms with E-state index < -0.39 is 29.5 Å². The second kappa shape index (κ2) is 6.53. The van der Waals surface area contributed by atoms with Gasteiger partial charge in [-0.2, -0.15) is 13.2 Å². The number of rotatable bonds is 4. The standard InChI is InChI=1S/C11H10F3NO3.ClH/c12-11(13,14)9(16)7-3-1-6(2-4-7)5-8(15)10(17)18;/h1-4,8H,5,15H2,(H,17,18);1H/t8-;/m0./s1. The molecule has 0 fully saturated rings. The van der Waals surface area contributed by atoms with Crippen molar-refractivity contribution in [2.24, 2.45) is 5.73 Å². The maximum atomic E-state index is 12.1. The quantitative estimate of drug-likeness (QED) is 0.831. The molecule has 3 N–H and O–H groups in total. The Kier molecular flexibility index (Phi) is 5.98. The van der Waals surface area contributed by atoms with E-state index in [1.807, 2.05) is 0 Å². The van der Waals surface area contributed by atoms with Gasteiger partial charge in [-0.3, -0.25) is 9.59 Å². The van der Waals surface area contributed by atoms with Gasteiger partial charge < -0.3 is 10.8 Å². The molecule has 4 nitrogen and oxygen atoms in total. The van der Waals surface area contributed by atoms with Crippen LogP contribution in [0.5, 0.6) is 0 Å². The smallest absolute Gasteiger partial charge is 0.454 e. The van der Waals surface area contributed by atoms with Crippen LogP contribution in [0.25, 0.3) is 0 Å². The van der Waals surface area contributed by atoms with Crippen LogP contribution in [0.1, 0.15) is 15.9 Å². The molecule has 1 aromatic rings. The minimum atomic E-state index is -4.92. The molecule has 0 aliphatic rings. The number of alkyl halides is 3. The number of carboxylic acids is 1. The molecule has 0 bridgehead atoms. The van der Waals surface area contributed by atoms with Crippen LogP contribution in [0.4, 0.5) is 13.2 Å². The molecule has 1 atom stereocenters. The number of carboxylic acid groups (broad SMARTS) is 1. The fraction of sp³-hybridized carbons (Fsp3) is 0.273. The average molecular weight is 298 g/mol. The van der Waals surface area contributed by atoms with Gasteiger partial charge in [-0.1, -0.05) is 24.3 Å². The van der Waals surface area contributed by atoms with Gasteiger partial charge in [0.2, 0.25) is 0 Å². The van der Waals surface area contributed by atoms with Gasteiger partial charge >= 0.3 is 12.1 Å². The molecule has 8 heteroatoms. The van der Waals surface area contributed by atoms with E-state index in [9.17, 15) is 22.8 Å². The first-order valence-electron chi connectivity index (χ1n) is 4.90. The summed E-state index contributed by atoms with van der Waals surface area (Å²) in [5, 5.41) is 8.56. The first kappa shape index (κ1) is 17.4. The fourth-order valence-electron chi connectivity index (χ4n) is 1.30. The van der Waals surface area contributed by atoms with Gasteiger partial charge in [0.15, 0.2) is 0 Å². The van der Waals surface area contributed by atoms with Crippen molar-refractivity contribution in [3.63, 3.8) is 0 Å². The van der Waals surface area contributed by atoms with Gasteiger partial charge in [0.25, 0.3) is 5.78 Å². The third kappa shape index (κ3) is 4.88. The maximum absolute atomic E-state index is 12.1. The molecule has 106 valence electrons. The van der Waals surface area contributed by atoms with E-state index in [4.69, 9.17) is 10.8 Å². The minimum absolute atomic E-state index is 0. The van der Waals surface area contributed by atoms with Crippen LogP contribution >= 0.6 is 12.4 Å². The Hall–Kier alpha value is -1.60. The van der Waals surface area contributed by atoms with Crippen molar-refractivity contribution in [3.8, 4) is 0 Å². The van der Waals surface area contributed by atoms with Crippen molar-refractivity contribution in [2.75, 3.05) is 0 Å². The van der Waals surface area contributed by atoms with Gasteiger partial charge in [0.05, 0.1) is 0 Å². The van der Waals surface area contributed by atoms with Crippen molar-refractivity contribution >= 4 is 24.2 Å². The lowest BCUT2D eigenvalue weighted by atomic mass is 10.0. The summed E-state index contributed by atoms with van der Waals surface area (Å²) in [6.45, 7) is 0. The molecule has 0 spiro atoms. The molecule has 0 amide bonds. The average Bonchev–Trinajstić information content (AvgIpc) is 2.27. The molecule has 0 radical (unpaired) electrons. The van der Waals surface area contributed by atoms with E-state index in [1.165, 1.54) is 12.1 Å². The van der Waals surface area contributed by atoms with Crippen LogP contribution in [0, 0.1) is 0 Å². The number of nitrogens with two attached hydrogens (primary N) is 1. The Balaban J connectivity index is 0.00000324. The lowest BCUT2D eigenvalue weighted by Gasteiger charge is -2.08. The molecule has 0 saturated carbocycles. The number of carbonyl (C=O) groups excluding carboxylic acids is 1. The predicted octanol–water partition coefficient (Wildman–Crippen LogP) is 1.81. The SMILES string of the molecule is Cl.N[C@@H](Cc1ccc(C(=O)C(F)(F)F)cc1)C(=O)O. The monoisotopic (exact) mass is 297 g/mol. The number of hydrogen-bond donors (Lipinski definition) is 2. The van der Waals surface area contributed by atoms with E-state index in [2.05, 4.69) is 0 Å². The summed E-state index contributed by atoms with van der Waals surface area (Å²) in [5.74, 6) is -3.14. The number of Topliss-reactive ketones (excluding diaryl/α,β-unsaturated/α-hetero) is 1. The van der Waals surface area contributed by atoms with E-state index in [1.54, 1.807) is 0 Å². The lowest BCUT2D eigenvalue weighted by molar-refractivity contribution is -0.138. The highest BCUT2D eigenvalue weighted by Gasteiger charge is 2.39. The Morgan fingerprint density at radius 2 is 1.68 bits per heavy atom. The van der Waals surface area contributed by atoms with Gasteiger partial charge in [0.1, 0.15) is 6.04 Å². The molecule has 0 saturated heterocycles. The number of hydrogen-bond acceptors (Lipinski definition) is 3. The third-order valence-corrected chi connectivity index (χ3v) is 2.25. The van der Waals surface area contributed by atoms with Crippen LogP contribution < -0.4 is 5.73 Å². The number of carbonyl (C=O) groups is 2. The first-order chi connectivity index (χ1) is 8.21. The molecule has 0 unspecified atom stereocenters. The largest absolute Gasteiger partial charge is 0.480 e. The van der Waals surface area contributed by atoms with Crippen molar-refractivity contribution in [1.82, 2.24) is 0 Å². The molecular weight excluding hydrogens is 287 g/mol. The summed E-state index contributed by atoms with van der Waals surface area (Å²) in [5.41, 5.74) is 5.23. The zero-order chi connectivity index (χ0) is 13.9. The summed E-state index contributed by atoms with van der Waals surface area (Å²) in [4.78, 5) is 21.3. The summed E-state index contributed by atoms with van der Waals surface area (Å²) >= 11 is 0. The molecule has 0 aliphatic carbocycles. The predicted molar refractivity (Wildman–Crippen MR) is 63.4 cm³/mol. The van der Waals surface area contributed by atoms with Crippen molar-refractivity contribution in [2.45, 2.75) is 18.6 Å². The third-order valence-electron chi connectivity index (χ3n) is 2.25. The van der Waals surface area contributed by atoms with E-state index >= 15 is 0 Å². The van der Waals surface area contributed by atoms with E-state index in [0.29, 0.717) is 5.56 Å². The second-order valence-electron chi connectivity index (χ2n) is 3.67. The number of aliphatic carboxylic acids is 1.